The Hall–Kier alpha value is -4.02. The van der Waals surface area contributed by atoms with Crippen LogP contribution in [0.1, 0.15) is 68.0 Å². The van der Waals surface area contributed by atoms with Crippen molar-refractivity contribution in [1.82, 2.24) is 9.79 Å². The average molecular weight is 566 g/mol. The Balaban J connectivity index is 1.29. The number of aliphatic imine (C=N–C) groups is 1. The molecule has 0 aliphatic carbocycles. The topological polar surface area (TPSA) is 113 Å². The summed E-state index contributed by atoms with van der Waals surface area (Å²) in [7, 11) is -2.63. The van der Waals surface area contributed by atoms with Crippen LogP contribution in [0.15, 0.2) is 53.2 Å². The summed E-state index contributed by atoms with van der Waals surface area (Å²) >= 11 is 0. The second-order valence-electron chi connectivity index (χ2n) is 10.4. The van der Waals surface area contributed by atoms with Crippen LogP contribution in [0, 0.1) is 19.8 Å². The van der Waals surface area contributed by atoms with E-state index in [-0.39, 0.29) is 18.2 Å². The standard InChI is InChI=1S/C30H37BF2N4O4/c1-20-17-22(3)37(31(32)33)27(20)19-26-13-12-24(35-26)14-15-28(38)34-16-6-4-5-7-29(39)36-25-10-8-23(9-11-25)18-21(2)30(40)41/h8-13,17,19,21H,4-7,14-16,18H2,1-3H3,(H,34,38)(H,36,39)(H,40,41)/b26-19-/t21-/m0/s1. The van der Waals surface area contributed by atoms with E-state index in [9.17, 15) is 23.0 Å². The molecule has 218 valence electrons. The van der Waals surface area contributed by atoms with Crippen molar-refractivity contribution in [3.05, 3.63) is 70.7 Å². The van der Waals surface area contributed by atoms with Crippen molar-refractivity contribution in [3.8, 4) is 0 Å². The summed E-state index contributed by atoms with van der Waals surface area (Å²) < 4.78 is 27.8. The lowest BCUT2D eigenvalue weighted by Gasteiger charge is -2.09. The summed E-state index contributed by atoms with van der Waals surface area (Å²) in [4.78, 5) is 39.9. The SMILES string of the molecule is Cc1cc(C)n(B(F)F)c1/C=C1/C=CC(CCC(=O)NCCCCCC(=O)Nc2ccc(C[C@H](C)C(=O)O)cc2)=N1. The van der Waals surface area contributed by atoms with Gasteiger partial charge in [-0.25, -0.2) is 0 Å². The molecule has 3 rings (SSSR count). The molecule has 0 spiro atoms. The maximum atomic E-state index is 13.4. The molecule has 2 aromatic rings. The van der Waals surface area contributed by atoms with E-state index in [0.29, 0.717) is 55.0 Å². The molecule has 2 heterocycles. The number of aliphatic carboxylic acids is 1. The van der Waals surface area contributed by atoms with Crippen LogP contribution in [0.5, 0.6) is 0 Å². The van der Waals surface area contributed by atoms with Gasteiger partial charge in [0.05, 0.1) is 11.6 Å². The molecule has 0 bridgehead atoms. The van der Waals surface area contributed by atoms with Gasteiger partial charge in [0.1, 0.15) is 0 Å². The van der Waals surface area contributed by atoms with Gasteiger partial charge < -0.3 is 20.2 Å². The van der Waals surface area contributed by atoms with Crippen molar-refractivity contribution < 1.29 is 28.1 Å². The smallest absolute Gasteiger partial charge is 0.481 e. The molecule has 1 aliphatic rings. The molecule has 1 atom stereocenters. The Labute approximate surface area is 239 Å². The predicted octanol–water partition coefficient (Wildman–Crippen LogP) is 5.59. The molecule has 0 saturated heterocycles. The highest BCUT2D eigenvalue weighted by Crippen LogP contribution is 2.23. The number of carbonyl (C=O) groups is 3. The van der Waals surface area contributed by atoms with Crippen LogP contribution in [-0.2, 0) is 20.8 Å². The van der Waals surface area contributed by atoms with Gasteiger partial charge in [-0.3, -0.25) is 28.0 Å². The highest BCUT2D eigenvalue weighted by molar-refractivity contribution is 6.41. The first-order chi connectivity index (χ1) is 19.5. The maximum Gasteiger partial charge on any atom is 0.677 e. The van der Waals surface area contributed by atoms with Gasteiger partial charge in [-0.15, -0.1) is 0 Å². The van der Waals surface area contributed by atoms with Gasteiger partial charge in [0.2, 0.25) is 11.8 Å². The number of aromatic nitrogens is 1. The van der Waals surface area contributed by atoms with Crippen molar-refractivity contribution >= 4 is 42.7 Å². The van der Waals surface area contributed by atoms with Gasteiger partial charge in [-0.2, -0.15) is 0 Å². The fourth-order valence-corrected chi connectivity index (χ4v) is 4.59. The van der Waals surface area contributed by atoms with Crippen LogP contribution < -0.4 is 10.6 Å². The van der Waals surface area contributed by atoms with Crippen molar-refractivity contribution in [1.29, 1.82) is 0 Å². The van der Waals surface area contributed by atoms with Crippen molar-refractivity contribution in [2.45, 2.75) is 65.7 Å². The number of carbonyl (C=O) groups excluding carboxylic acids is 2. The Bertz CT molecular complexity index is 1330. The number of rotatable bonds is 15. The molecule has 1 aliphatic heterocycles. The van der Waals surface area contributed by atoms with E-state index in [2.05, 4.69) is 15.6 Å². The van der Waals surface area contributed by atoms with Crippen LogP contribution in [0.2, 0.25) is 0 Å². The maximum absolute atomic E-state index is 13.4. The quantitative estimate of drug-likeness (QED) is 0.193. The number of unbranched alkanes of at least 4 members (excludes halogenated alkanes) is 2. The van der Waals surface area contributed by atoms with Gasteiger partial charge in [-0.05, 0) is 87.1 Å². The summed E-state index contributed by atoms with van der Waals surface area (Å²) in [6.07, 6.45) is 8.98. The summed E-state index contributed by atoms with van der Waals surface area (Å²) in [5, 5.41) is 14.7. The van der Waals surface area contributed by atoms with Crippen LogP contribution in [-0.4, -0.2) is 47.0 Å². The van der Waals surface area contributed by atoms with E-state index in [0.717, 1.165) is 34.2 Å². The molecule has 0 radical (unpaired) electrons. The lowest BCUT2D eigenvalue weighted by Crippen LogP contribution is -2.24. The highest BCUT2D eigenvalue weighted by atomic mass is 19.2. The monoisotopic (exact) mass is 566 g/mol. The lowest BCUT2D eigenvalue weighted by atomic mass is 10.0. The number of hydrogen-bond acceptors (Lipinski definition) is 4. The number of carboxylic acids is 1. The number of hydrogen-bond donors (Lipinski definition) is 3. The van der Waals surface area contributed by atoms with E-state index in [1.165, 1.54) is 0 Å². The third-order valence-electron chi connectivity index (χ3n) is 6.88. The van der Waals surface area contributed by atoms with E-state index in [1.54, 1.807) is 57.2 Å². The second kappa shape index (κ2) is 15.1. The Morgan fingerprint density at radius 1 is 1.05 bits per heavy atom. The first-order valence-corrected chi connectivity index (χ1v) is 13.9. The number of halogens is 2. The van der Waals surface area contributed by atoms with Gasteiger partial charge in [0.15, 0.2) is 0 Å². The predicted molar refractivity (Wildman–Crippen MR) is 158 cm³/mol. The molecule has 0 fully saturated rings. The molecule has 2 amide bonds. The number of anilines is 1. The van der Waals surface area contributed by atoms with Gasteiger partial charge in [0, 0.05) is 42.2 Å². The molecule has 3 N–H and O–H groups in total. The minimum Gasteiger partial charge on any atom is -0.481 e. The molecule has 1 aromatic carbocycles. The minimum absolute atomic E-state index is 0.0875. The van der Waals surface area contributed by atoms with Gasteiger partial charge in [-0.1, -0.05) is 25.5 Å². The molecule has 8 nitrogen and oxygen atoms in total. The minimum atomic E-state index is -2.63. The molecule has 0 saturated carbocycles. The zero-order valence-electron chi connectivity index (χ0n) is 23.8. The zero-order valence-corrected chi connectivity index (χ0v) is 23.8. The number of nitrogens with zero attached hydrogens (tertiary/aromatic N) is 2. The average Bonchev–Trinajstić information content (AvgIpc) is 3.48. The second-order valence-corrected chi connectivity index (χ2v) is 10.4. The fourth-order valence-electron chi connectivity index (χ4n) is 4.59. The van der Waals surface area contributed by atoms with Crippen molar-refractivity contribution in [3.63, 3.8) is 0 Å². The summed E-state index contributed by atoms with van der Waals surface area (Å²) in [5.74, 6) is -1.48. The summed E-state index contributed by atoms with van der Waals surface area (Å²) in [6.45, 7) is 5.61. The zero-order chi connectivity index (χ0) is 29.9. The third-order valence-corrected chi connectivity index (χ3v) is 6.88. The molecular formula is C30H37BF2N4O4. The van der Waals surface area contributed by atoms with E-state index < -0.39 is 19.3 Å². The summed E-state index contributed by atoms with van der Waals surface area (Å²) in [5.41, 5.74) is 4.55. The Morgan fingerprint density at radius 3 is 2.46 bits per heavy atom. The molecule has 41 heavy (non-hydrogen) atoms. The molecule has 11 heteroatoms. The van der Waals surface area contributed by atoms with E-state index in [4.69, 9.17) is 5.11 Å². The van der Waals surface area contributed by atoms with Crippen molar-refractivity contribution in [2.75, 3.05) is 11.9 Å². The lowest BCUT2D eigenvalue weighted by molar-refractivity contribution is -0.141. The summed E-state index contributed by atoms with van der Waals surface area (Å²) in [6, 6.07) is 8.90. The van der Waals surface area contributed by atoms with Crippen LogP contribution in [0.3, 0.4) is 0 Å². The Morgan fingerprint density at radius 2 is 1.78 bits per heavy atom. The van der Waals surface area contributed by atoms with E-state index in [1.807, 2.05) is 12.1 Å². The normalized spacial score (nSPS) is 14.2. The third kappa shape index (κ3) is 9.84. The number of nitrogens with one attached hydrogen (secondary N) is 2. The van der Waals surface area contributed by atoms with Crippen molar-refractivity contribution in [2.24, 2.45) is 10.9 Å². The van der Waals surface area contributed by atoms with Gasteiger partial charge in [0.25, 0.3) is 0 Å². The number of amides is 2. The highest BCUT2D eigenvalue weighted by Gasteiger charge is 2.23. The first-order valence-electron chi connectivity index (χ1n) is 13.9. The molecule has 1 aromatic heterocycles. The van der Waals surface area contributed by atoms with Gasteiger partial charge >= 0.3 is 13.4 Å². The molecular weight excluding hydrogens is 529 g/mol. The fraction of sp³-hybridized carbons (Fsp3) is 0.400. The number of carboxylic acid groups (broad SMARTS) is 1. The van der Waals surface area contributed by atoms with Crippen LogP contribution in [0.4, 0.5) is 14.3 Å². The van der Waals surface area contributed by atoms with E-state index >= 15 is 0 Å². The number of benzene rings is 1. The number of allylic oxidation sites excluding steroid dienone is 2. The van der Waals surface area contributed by atoms with Crippen LogP contribution >= 0.6 is 0 Å². The number of aryl methyl sites for hydroxylation is 2. The Kier molecular flexibility index (Phi) is 11.6. The largest absolute Gasteiger partial charge is 0.677 e. The first kappa shape index (κ1) is 31.5. The molecule has 0 unspecified atom stereocenters. The van der Waals surface area contributed by atoms with Crippen LogP contribution in [0.25, 0.3) is 6.08 Å².